The van der Waals surface area contributed by atoms with Gasteiger partial charge in [-0.3, -0.25) is 4.99 Å². The zero-order valence-corrected chi connectivity index (χ0v) is 13.9. The Morgan fingerprint density at radius 1 is 1.08 bits per heavy atom. The highest BCUT2D eigenvalue weighted by molar-refractivity contribution is 5.78. The topological polar surface area (TPSA) is 44.9 Å². The summed E-state index contributed by atoms with van der Waals surface area (Å²) in [6.07, 6.45) is -3.38. The van der Waals surface area contributed by atoms with Crippen LogP contribution in [0.15, 0.2) is 29.3 Å². The van der Waals surface area contributed by atoms with Crippen molar-refractivity contribution in [2.24, 2.45) is 16.1 Å². The van der Waals surface area contributed by atoms with E-state index in [0.29, 0.717) is 32.6 Å². The molecule has 1 aliphatic heterocycles. The van der Waals surface area contributed by atoms with Crippen LogP contribution in [-0.2, 0) is 0 Å². The zero-order chi connectivity index (χ0) is 18.1. The van der Waals surface area contributed by atoms with Crippen LogP contribution >= 0.6 is 0 Å². The molecule has 8 heteroatoms. The second-order valence-electron chi connectivity index (χ2n) is 6.76. The lowest BCUT2D eigenvalue weighted by molar-refractivity contribution is -0.246. The van der Waals surface area contributed by atoms with Crippen LogP contribution in [0.1, 0.15) is 19.3 Å². The molecule has 0 aromatic heterocycles. The van der Waals surface area contributed by atoms with Crippen LogP contribution in [0.3, 0.4) is 0 Å². The summed E-state index contributed by atoms with van der Waals surface area (Å²) in [6.45, 7) is 2.18. The van der Waals surface area contributed by atoms with E-state index >= 15 is 0 Å². The van der Waals surface area contributed by atoms with Gasteiger partial charge in [-0.2, -0.15) is 13.2 Å². The smallest absolute Gasteiger partial charge is 0.370 e. The van der Waals surface area contributed by atoms with Gasteiger partial charge in [0.1, 0.15) is 5.82 Å². The SMILES string of the molecule is NC(=NCC1(C(F)(F)F)CCC1)N1CCN(c2ccc(F)cc2)CC1. The average molecular weight is 358 g/mol. The van der Waals surface area contributed by atoms with Gasteiger partial charge in [-0.25, -0.2) is 4.39 Å². The Balaban J connectivity index is 1.56. The molecule has 2 fully saturated rings. The number of piperazine rings is 1. The van der Waals surface area contributed by atoms with Gasteiger partial charge >= 0.3 is 6.18 Å². The standard InChI is InChI=1S/C17H22F4N4/c18-13-2-4-14(5-3-13)24-8-10-25(11-9-24)15(22)23-12-16(6-1-7-16)17(19,20)21/h2-5H,1,6-12H2,(H2,22,23). The van der Waals surface area contributed by atoms with Gasteiger partial charge in [0, 0.05) is 31.9 Å². The molecule has 1 aromatic rings. The number of nitrogens with two attached hydrogens (primary N) is 1. The molecule has 1 heterocycles. The molecule has 138 valence electrons. The van der Waals surface area contributed by atoms with Crippen molar-refractivity contribution in [3.63, 3.8) is 0 Å². The number of guanidine groups is 1. The molecule has 1 saturated heterocycles. The van der Waals surface area contributed by atoms with Crippen molar-refractivity contribution >= 4 is 11.6 Å². The van der Waals surface area contributed by atoms with Gasteiger partial charge in [0.15, 0.2) is 5.96 Å². The van der Waals surface area contributed by atoms with Gasteiger partial charge in [-0.15, -0.1) is 0 Å². The van der Waals surface area contributed by atoms with Crippen LogP contribution in [0.2, 0.25) is 0 Å². The van der Waals surface area contributed by atoms with Crippen LogP contribution < -0.4 is 10.6 Å². The maximum absolute atomic E-state index is 13.2. The Bertz CT molecular complexity index is 615. The van der Waals surface area contributed by atoms with Gasteiger partial charge in [-0.05, 0) is 37.1 Å². The fourth-order valence-electron chi connectivity index (χ4n) is 3.31. The number of benzene rings is 1. The predicted octanol–water partition coefficient (Wildman–Crippen LogP) is 3.00. The molecule has 0 amide bonds. The number of aliphatic imine (C=N–C) groups is 1. The minimum absolute atomic E-state index is 0.131. The maximum atomic E-state index is 13.2. The summed E-state index contributed by atoms with van der Waals surface area (Å²) in [4.78, 5) is 7.95. The minimum Gasteiger partial charge on any atom is -0.370 e. The Morgan fingerprint density at radius 3 is 2.16 bits per heavy atom. The van der Waals surface area contributed by atoms with E-state index in [2.05, 4.69) is 9.89 Å². The van der Waals surface area contributed by atoms with Crippen LogP contribution in [0, 0.1) is 11.2 Å². The average Bonchev–Trinajstić information content (AvgIpc) is 2.53. The van der Waals surface area contributed by atoms with Crippen molar-refractivity contribution in [2.75, 3.05) is 37.6 Å². The molecule has 0 atom stereocenters. The molecule has 1 aliphatic carbocycles. The van der Waals surface area contributed by atoms with Crippen LogP contribution in [0.5, 0.6) is 0 Å². The third kappa shape index (κ3) is 3.67. The van der Waals surface area contributed by atoms with Crippen LogP contribution in [-0.4, -0.2) is 49.8 Å². The molecule has 25 heavy (non-hydrogen) atoms. The molecule has 1 saturated carbocycles. The van der Waals surface area contributed by atoms with Crippen molar-refractivity contribution in [1.29, 1.82) is 0 Å². The molecule has 2 N–H and O–H groups in total. The molecule has 0 spiro atoms. The summed E-state index contributed by atoms with van der Waals surface area (Å²) in [7, 11) is 0. The number of hydrogen-bond acceptors (Lipinski definition) is 2. The molecule has 1 aromatic carbocycles. The van der Waals surface area contributed by atoms with E-state index in [1.54, 1.807) is 12.1 Å². The summed E-state index contributed by atoms with van der Waals surface area (Å²) >= 11 is 0. The van der Waals surface area contributed by atoms with Crippen molar-refractivity contribution in [3.05, 3.63) is 30.1 Å². The van der Waals surface area contributed by atoms with Gasteiger partial charge in [0.2, 0.25) is 0 Å². The van der Waals surface area contributed by atoms with Gasteiger partial charge in [-0.1, -0.05) is 6.42 Å². The first-order valence-electron chi connectivity index (χ1n) is 8.43. The van der Waals surface area contributed by atoms with E-state index in [1.807, 2.05) is 4.90 Å². The van der Waals surface area contributed by atoms with E-state index in [9.17, 15) is 17.6 Å². The normalized spacial score (nSPS) is 21.2. The van der Waals surface area contributed by atoms with Gasteiger partial charge in [0.05, 0.1) is 12.0 Å². The first-order valence-corrected chi connectivity index (χ1v) is 8.43. The summed E-state index contributed by atoms with van der Waals surface area (Å²) in [5.41, 5.74) is 5.15. The molecule has 0 unspecified atom stereocenters. The monoisotopic (exact) mass is 358 g/mol. The van der Waals surface area contributed by atoms with Crippen molar-refractivity contribution in [3.8, 4) is 0 Å². The van der Waals surface area contributed by atoms with Gasteiger partial charge < -0.3 is 15.5 Å². The number of hydrogen-bond donors (Lipinski definition) is 1. The third-order valence-corrected chi connectivity index (χ3v) is 5.25. The Hall–Kier alpha value is -1.99. The number of alkyl halides is 3. The van der Waals surface area contributed by atoms with Crippen molar-refractivity contribution < 1.29 is 17.6 Å². The van der Waals surface area contributed by atoms with E-state index in [0.717, 1.165) is 5.69 Å². The Morgan fingerprint density at radius 2 is 1.68 bits per heavy atom. The first-order chi connectivity index (χ1) is 11.8. The Labute approximate surface area is 144 Å². The quantitative estimate of drug-likeness (QED) is 0.513. The molecule has 0 bridgehead atoms. The summed E-state index contributed by atoms with van der Waals surface area (Å²) < 4.78 is 52.5. The molecular weight excluding hydrogens is 336 g/mol. The molecule has 3 rings (SSSR count). The summed E-state index contributed by atoms with van der Waals surface area (Å²) in [6, 6.07) is 6.25. The second-order valence-corrected chi connectivity index (χ2v) is 6.76. The molecular formula is C17H22F4N4. The highest BCUT2D eigenvalue weighted by Crippen LogP contribution is 2.53. The lowest BCUT2D eigenvalue weighted by Gasteiger charge is -2.42. The Kier molecular flexibility index (Phi) is 4.79. The fourth-order valence-corrected chi connectivity index (χ4v) is 3.31. The predicted molar refractivity (Wildman–Crippen MR) is 89.0 cm³/mol. The first kappa shape index (κ1) is 17.8. The summed E-state index contributed by atoms with van der Waals surface area (Å²) in [5.74, 6) is -0.109. The van der Waals surface area contributed by atoms with E-state index in [1.165, 1.54) is 12.1 Å². The molecule has 4 nitrogen and oxygen atoms in total. The fraction of sp³-hybridized carbons (Fsp3) is 0.588. The van der Waals surface area contributed by atoms with Gasteiger partial charge in [0.25, 0.3) is 0 Å². The zero-order valence-electron chi connectivity index (χ0n) is 13.9. The largest absolute Gasteiger partial charge is 0.396 e. The highest BCUT2D eigenvalue weighted by Gasteiger charge is 2.58. The lowest BCUT2D eigenvalue weighted by Crippen LogP contribution is -2.52. The highest BCUT2D eigenvalue weighted by atomic mass is 19.4. The number of halogens is 4. The third-order valence-electron chi connectivity index (χ3n) is 5.25. The molecule has 2 aliphatic rings. The minimum atomic E-state index is -4.23. The molecule has 0 radical (unpaired) electrons. The van der Waals surface area contributed by atoms with Crippen molar-refractivity contribution in [1.82, 2.24) is 4.90 Å². The van der Waals surface area contributed by atoms with Crippen LogP contribution in [0.4, 0.5) is 23.2 Å². The maximum Gasteiger partial charge on any atom is 0.396 e. The second kappa shape index (κ2) is 6.72. The van der Waals surface area contributed by atoms with Crippen LogP contribution in [0.25, 0.3) is 0 Å². The lowest BCUT2D eigenvalue weighted by atomic mass is 9.68. The van der Waals surface area contributed by atoms with Crippen molar-refractivity contribution in [2.45, 2.75) is 25.4 Å². The number of anilines is 1. The van der Waals surface area contributed by atoms with E-state index in [4.69, 9.17) is 5.73 Å². The van der Waals surface area contributed by atoms with E-state index < -0.39 is 11.6 Å². The summed E-state index contributed by atoms with van der Waals surface area (Å²) in [5, 5.41) is 0. The number of rotatable bonds is 3. The van der Waals surface area contributed by atoms with E-state index in [-0.39, 0.29) is 31.2 Å². The number of nitrogens with zero attached hydrogens (tertiary/aromatic N) is 3.